The number of anilines is 1. The average Bonchev–Trinajstić information content (AvgIpc) is 3.03. The molecule has 0 bridgehead atoms. The molecule has 0 saturated heterocycles. The van der Waals surface area contributed by atoms with Crippen molar-refractivity contribution in [2.24, 2.45) is 0 Å². The van der Waals surface area contributed by atoms with Crippen LogP contribution in [-0.4, -0.2) is 50.9 Å². The molecule has 0 aliphatic carbocycles. The largest absolute Gasteiger partial charge is 0.497 e. The van der Waals surface area contributed by atoms with E-state index in [1.54, 1.807) is 49.6 Å². The second kappa shape index (κ2) is 15.1. The smallest absolute Gasteiger partial charge is 0.264 e. The van der Waals surface area contributed by atoms with Crippen molar-refractivity contribution >= 4 is 27.5 Å². The van der Waals surface area contributed by atoms with Crippen LogP contribution in [-0.2, 0) is 32.6 Å². The number of hydrogen-bond acceptors (Lipinski definition) is 5. The first-order chi connectivity index (χ1) is 21.9. The van der Waals surface area contributed by atoms with Crippen LogP contribution in [0.1, 0.15) is 41.7 Å². The Hall–Kier alpha value is -4.63. The van der Waals surface area contributed by atoms with Crippen molar-refractivity contribution in [2.45, 2.75) is 64.6 Å². The number of aryl methyl sites for hydroxylation is 2. The normalized spacial score (nSPS) is 12.0. The Morgan fingerprint density at radius 1 is 0.826 bits per heavy atom. The lowest BCUT2D eigenvalue weighted by atomic mass is 10.0. The molecular weight excluding hydrogens is 598 g/mol. The molecule has 0 spiro atoms. The van der Waals surface area contributed by atoms with Gasteiger partial charge in [0.1, 0.15) is 18.3 Å². The number of nitrogens with zero attached hydrogens (tertiary/aromatic N) is 2. The summed E-state index contributed by atoms with van der Waals surface area (Å²) in [5, 5.41) is 2.98. The van der Waals surface area contributed by atoms with Crippen molar-refractivity contribution in [3.8, 4) is 5.75 Å². The van der Waals surface area contributed by atoms with Gasteiger partial charge >= 0.3 is 0 Å². The third kappa shape index (κ3) is 8.34. The monoisotopic (exact) mass is 641 g/mol. The van der Waals surface area contributed by atoms with Gasteiger partial charge in [0, 0.05) is 19.0 Å². The van der Waals surface area contributed by atoms with Crippen molar-refractivity contribution in [3.63, 3.8) is 0 Å². The van der Waals surface area contributed by atoms with E-state index in [9.17, 15) is 18.0 Å². The van der Waals surface area contributed by atoms with Crippen molar-refractivity contribution in [1.82, 2.24) is 10.2 Å². The molecule has 0 unspecified atom stereocenters. The lowest BCUT2D eigenvalue weighted by Gasteiger charge is -2.34. The zero-order chi connectivity index (χ0) is 33.4. The molecular formula is C37H43N3O5S. The second-order valence-electron chi connectivity index (χ2n) is 11.8. The predicted molar refractivity (Wildman–Crippen MR) is 182 cm³/mol. The molecule has 1 N–H and O–H groups in total. The minimum atomic E-state index is -4.18. The molecule has 0 aliphatic rings. The van der Waals surface area contributed by atoms with Gasteiger partial charge in [-0.2, -0.15) is 0 Å². The summed E-state index contributed by atoms with van der Waals surface area (Å²) >= 11 is 0. The molecule has 0 heterocycles. The standard InChI is InChI=1S/C37H43N3O5S/c1-26(2)38-37(42)35(23-30-13-8-7-9-14-30)39(24-31-15-11-16-32(22-31)45-6)36(41)25-40(34-17-10-12-28(4)29(34)5)46(43,44)33-20-18-27(3)19-21-33/h7-22,26,35H,23-25H2,1-6H3,(H,38,42)/t35-/m1/s1. The molecule has 2 amide bonds. The quantitative estimate of drug-likeness (QED) is 0.194. The van der Waals surface area contributed by atoms with E-state index in [-0.39, 0.29) is 29.8 Å². The number of hydrogen-bond donors (Lipinski definition) is 1. The Morgan fingerprint density at radius 3 is 2.13 bits per heavy atom. The van der Waals surface area contributed by atoms with Gasteiger partial charge in [0.05, 0.1) is 17.7 Å². The van der Waals surface area contributed by atoms with Crippen LogP contribution in [0, 0.1) is 20.8 Å². The van der Waals surface area contributed by atoms with E-state index in [1.807, 2.05) is 89.2 Å². The van der Waals surface area contributed by atoms with Crippen molar-refractivity contribution in [2.75, 3.05) is 18.0 Å². The topological polar surface area (TPSA) is 96.0 Å². The average molecular weight is 642 g/mol. The molecule has 1 atom stereocenters. The lowest BCUT2D eigenvalue weighted by molar-refractivity contribution is -0.140. The fourth-order valence-electron chi connectivity index (χ4n) is 5.26. The van der Waals surface area contributed by atoms with Gasteiger partial charge in [0.15, 0.2) is 0 Å². The van der Waals surface area contributed by atoms with Gasteiger partial charge in [0.2, 0.25) is 11.8 Å². The zero-order valence-corrected chi connectivity index (χ0v) is 28.2. The van der Waals surface area contributed by atoms with Crippen molar-refractivity contribution < 1.29 is 22.7 Å². The molecule has 4 aromatic carbocycles. The number of nitrogens with one attached hydrogen (secondary N) is 1. The highest BCUT2D eigenvalue weighted by atomic mass is 32.2. The van der Waals surface area contributed by atoms with Gasteiger partial charge in [-0.3, -0.25) is 13.9 Å². The van der Waals surface area contributed by atoms with E-state index in [2.05, 4.69) is 5.32 Å². The Balaban J connectivity index is 1.85. The van der Waals surface area contributed by atoms with Crippen molar-refractivity contribution in [1.29, 1.82) is 0 Å². The number of amides is 2. The van der Waals surface area contributed by atoms with Crippen LogP contribution in [0.25, 0.3) is 0 Å². The molecule has 46 heavy (non-hydrogen) atoms. The minimum Gasteiger partial charge on any atom is -0.497 e. The third-order valence-corrected chi connectivity index (χ3v) is 9.70. The number of ether oxygens (including phenoxy) is 1. The first-order valence-electron chi connectivity index (χ1n) is 15.3. The number of carbonyl (C=O) groups excluding carboxylic acids is 2. The molecule has 0 fully saturated rings. The van der Waals surface area contributed by atoms with Gasteiger partial charge in [-0.05, 0) is 87.2 Å². The summed E-state index contributed by atoms with van der Waals surface area (Å²) in [7, 11) is -2.62. The maximum absolute atomic E-state index is 14.6. The fourth-order valence-corrected chi connectivity index (χ4v) is 6.73. The van der Waals surface area contributed by atoms with E-state index in [1.165, 1.54) is 9.21 Å². The van der Waals surface area contributed by atoms with Crippen LogP contribution < -0.4 is 14.4 Å². The number of rotatable bonds is 13. The van der Waals surface area contributed by atoms with Gasteiger partial charge in [0.25, 0.3) is 10.0 Å². The third-order valence-electron chi connectivity index (χ3n) is 7.92. The highest BCUT2D eigenvalue weighted by molar-refractivity contribution is 7.92. The van der Waals surface area contributed by atoms with Crippen molar-refractivity contribution in [3.05, 3.63) is 125 Å². The molecule has 0 radical (unpaired) electrons. The van der Waals surface area contributed by atoms with Crippen LogP contribution in [0.4, 0.5) is 5.69 Å². The molecule has 8 nitrogen and oxygen atoms in total. The summed E-state index contributed by atoms with van der Waals surface area (Å²) < 4.78 is 35.2. The molecule has 0 saturated carbocycles. The maximum atomic E-state index is 14.6. The van der Waals surface area contributed by atoms with Crippen LogP contribution in [0.5, 0.6) is 5.75 Å². The summed E-state index contributed by atoms with van der Waals surface area (Å²) in [5.41, 5.74) is 4.56. The summed E-state index contributed by atoms with van der Waals surface area (Å²) in [6.45, 7) is 8.90. The summed E-state index contributed by atoms with van der Waals surface area (Å²) in [5.74, 6) is -0.232. The van der Waals surface area contributed by atoms with Gasteiger partial charge in [-0.1, -0.05) is 72.3 Å². The minimum absolute atomic E-state index is 0.0598. The van der Waals surface area contributed by atoms with E-state index in [4.69, 9.17) is 4.74 Å². The van der Waals surface area contributed by atoms with E-state index < -0.39 is 28.5 Å². The number of methoxy groups -OCH3 is 1. The SMILES string of the molecule is COc1cccc(CN(C(=O)CN(c2cccc(C)c2C)S(=O)(=O)c2ccc(C)cc2)[C@H](Cc2ccccc2)C(=O)NC(C)C)c1. The Morgan fingerprint density at radius 2 is 1.48 bits per heavy atom. The zero-order valence-electron chi connectivity index (χ0n) is 27.4. The van der Waals surface area contributed by atoms with Crippen LogP contribution in [0.3, 0.4) is 0 Å². The molecule has 4 rings (SSSR count). The highest BCUT2D eigenvalue weighted by Gasteiger charge is 2.35. The van der Waals surface area contributed by atoms with Crippen LogP contribution in [0.2, 0.25) is 0 Å². The number of sulfonamides is 1. The predicted octanol–water partition coefficient (Wildman–Crippen LogP) is 5.98. The molecule has 242 valence electrons. The second-order valence-corrected chi connectivity index (χ2v) is 13.6. The lowest BCUT2D eigenvalue weighted by Crippen LogP contribution is -2.54. The van der Waals surface area contributed by atoms with Crippen LogP contribution in [0.15, 0.2) is 102 Å². The van der Waals surface area contributed by atoms with Gasteiger partial charge < -0.3 is 15.0 Å². The maximum Gasteiger partial charge on any atom is 0.264 e. The Labute approximate surface area is 273 Å². The highest BCUT2D eigenvalue weighted by Crippen LogP contribution is 2.29. The summed E-state index contributed by atoms with van der Waals surface area (Å²) in [6, 6.07) is 27.6. The van der Waals surface area contributed by atoms with Gasteiger partial charge in [-0.25, -0.2) is 8.42 Å². The number of benzene rings is 4. The first-order valence-corrected chi connectivity index (χ1v) is 16.8. The summed E-state index contributed by atoms with van der Waals surface area (Å²) in [6.07, 6.45) is 0.239. The first kappa shape index (κ1) is 34.2. The fraction of sp³-hybridized carbons (Fsp3) is 0.297. The molecule has 0 aliphatic heterocycles. The summed E-state index contributed by atoms with van der Waals surface area (Å²) in [4.78, 5) is 30.1. The Bertz CT molecular complexity index is 1760. The van der Waals surface area contributed by atoms with E-state index in [0.717, 1.165) is 27.8 Å². The number of carbonyl (C=O) groups is 2. The molecule has 4 aromatic rings. The van der Waals surface area contributed by atoms with Gasteiger partial charge in [-0.15, -0.1) is 0 Å². The molecule has 9 heteroatoms. The van der Waals surface area contributed by atoms with E-state index >= 15 is 0 Å². The van der Waals surface area contributed by atoms with Crippen LogP contribution >= 0.6 is 0 Å². The van der Waals surface area contributed by atoms with E-state index in [0.29, 0.717) is 11.4 Å². The molecule has 0 aromatic heterocycles. The Kier molecular flexibility index (Phi) is 11.2.